The number of ether oxygens (including phenoxy) is 1. The predicted octanol–water partition coefficient (Wildman–Crippen LogP) is 1.48. The van der Waals surface area contributed by atoms with E-state index in [9.17, 15) is 4.79 Å². The van der Waals surface area contributed by atoms with Crippen LogP contribution >= 0.6 is 23.7 Å². The van der Waals surface area contributed by atoms with Gasteiger partial charge in [-0.05, 0) is 32.1 Å². The standard InChI is InChI=1S/C15H23N3O2S.ClH/c19-15(12-10-20-9-8-16-12)17-7-3-6-14-18-11-4-1-2-5-13(11)21-14;/h12,16H,1-10H2,(H,17,19);1H. The van der Waals surface area contributed by atoms with Gasteiger partial charge in [-0.2, -0.15) is 0 Å². The van der Waals surface area contributed by atoms with E-state index < -0.39 is 0 Å². The van der Waals surface area contributed by atoms with Crippen molar-refractivity contribution >= 4 is 29.7 Å². The van der Waals surface area contributed by atoms with Crippen LogP contribution in [0, 0.1) is 0 Å². The second kappa shape index (κ2) is 8.82. The number of carbonyl (C=O) groups excluding carboxylic acids is 1. The topological polar surface area (TPSA) is 63.2 Å². The Bertz CT molecular complexity index is 466. The summed E-state index contributed by atoms with van der Waals surface area (Å²) in [6.45, 7) is 2.63. The van der Waals surface area contributed by atoms with Gasteiger partial charge in [0.05, 0.1) is 23.9 Å². The number of fused-ring (bicyclic) bond motifs is 1. The fourth-order valence-electron chi connectivity index (χ4n) is 2.82. The second-order valence-corrected chi connectivity index (χ2v) is 6.83. The first-order valence-corrected chi connectivity index (χ1v) is 8.71. The molecular formula is C15H24ClN3O2S. The highest BCUT2D eigenvalue weighted by atomic mass is 35.5. The lowest BCUT2D eigenvalue weighted by atomic mass is 10.0. The molecule has 124 valence electrons. The number of morpholine rings is 1. The monoisotopic (exact) mass is 345 g/mol. The highest BCUT2D eigenvalue weighted by molar-refractivity contribution is 7.11. The van der Waals surface area contributed by atoms with Gasteiger partial charge in [-0.25, -0.2) is 4.98 Å². The summed E-state index contributed by atoms with van der Waals surface area (Å²) < 4.78 is 5.29. The predicted molar refractivity (Wildman–Crippen MR) is 89.9 cm³/mol. The Hall–Kier alpha value is -0.690. The third-order valence-corrected chi connectivity index (χ3v) is 5.21. The van der Waals surface area contributed by atoms with Crippen LogP contribution in [0.25, 0.3) is 0 Å². The second-order valence-electron chi connectivity index (χ2n) is 5.66. The smallest absolute Gasteiger partial charge is 0.239 e. The first kappa shape index (κ1) is 17.7. The Kier molecular flexibility index (Phi) is 7.08. The molecule has 0 radical (unpaired) electrons. The van der Waals surface area contributed by atoms with E-state index in [1.807, 2.05) is 11.3 Å². The lowest BCUT2D eigenvalue weighted by Crippen LogP contribution is -2.51. The first-order chi connectivity index (χ1) is 10.3. The minimum Gasteiger partial charge on any atom is -0.378 e. The minimum atomic E-state index is -0.189. The van der Waals surface area contributed by atoms with Crippen LogP contribution in [-0.4, -0.2) is 43.2 Å². The molecule has 2 aliphatic rings. The Labute approximate surface area is 141 Å². The minimum absolute atomic E-state index is 0. The van der Waals surface area contributed by atoms with E-state index in [0.717, 1.165) is 25.8 Å². The van der Waals surface area contributed by atoms with Gasteiger partial charge in [-0.15, -0.1) is 23.7 Å². The number of hydrogen-bond donors (Lipinski definition) is 2. The molecule has 1 aliphatic heterocycles. The first-order valence-electron chi connectivity index (χ1n) is 7.89. The molecule has 0 aromatic carbocycles. The van der Waals surface area contributed by atoms with Crippen molar-refractivity contribution in [1.82, 2.24) is 15.6 Å². The molecular weight excluding hydrogens is 322 g/mol. The molecule has 1 amide bonds. The molecule has 7 heteroatoms. The summed E-state index contributed by atoms with van der Waals surface area (Å²) in [5.41, 5.74) is 1.33. The van der Waals surface area contributed by atoms with Gasteiger partial charge >= 0.3 is 0 Å². The van der Waals surface area contributed by atoms with E-state index >= 15 is 0 Å². The molecule has 1 aromatic rings. The van der Waals surface area contributed by atoms with Gasteiger partial charge in [0.25, 0.3) is 0 Å². The molecule has 1 aromatic heterocycles. The van der Waals surface area contributed by atoms with Gasteiger partial charge in [0, 0.05) is 24.4 Å². The number of carbonyl (C=O) groups is 1. The molecule has 1 unspecified atom stereocenters. The van der Waals surface area contributed by atoms with Crippen LogP contribution in [0.3, 0.4) is 0 Å². The Morgan fingerprint density at radius 1 is 1.41 bits per heavy atom. The number of thiazole rings is 1. The molecule has 0 saturated carbocycles. The zero-order valence-corrected chi connectivity index (χ0v) is 14.4. The SMILES string of the molecule is Cl.O=C(NCCCc1nc2c(s1)CCCC2)C1COCCN1. The van der Waals surface area contributed by atoms with Crippen LogP contribution in [-0.2, 0) is 28.8 Å². The molecule has 5 nitrogen and oxygen atoms in total. The molecule has 2 heterocycles. The highest BCUT2D eigenvalue weighted by Crippen LogP contribution is 2.27. The van der Waals surface area contributed by atoms with E-state index in [1.165, 1.54) is 34.8 Å². The summed E-state index contributed by atoms with van der Waals surface area (Å²) in [5, 5.41) is 7.37. The fraction of sp³-hybridized carbons (Fsp3) is 0.733. The Morgan fingerprint density at radius 2 is 2.27 bits per heavy atom. The van der Waals surface area contributed by atoms with Gasteiger partial charge in [0.1, 0.15) is 6.04 Å². The lowest BCUT2D eigenvalue weighted by Gasteiger charge is -2.22. The summed E-state index contributed by atoms with van der Waals surface area (Å²) in [4.78, 5) is 18.1. The zero-order valence-electron chi connectivity index (χ0n) is 12.7. The largest absolute Gasteiger partial charge is 0.378 e. The Balaban J connectivity index is 0.00000176. The van der Waals surface area contributed by atoms with Crippen molar-refractivity contribution < 1.29 is 9.53 Å². The third-order valence-electron chi connectivity index (χ3n) is 3.99. The third kappa shape index (κ3) is 4.65. The summed E-state index contributed by atoms with van der Waals surface area (Å²) in [5.74, 6) is 0.0492. The van der Waals surface area contributed by atoms with Crippen molar-refractivity contribution in [2.75, 3.05) is 26.3 Å². The fourth-order valence-corrected chi connectivity index (χ4v) is 4.02. The normalized spacial score (nSPS) is 20.8. The molecule has 2 N–H and O–H groups in total. The van der Waals surface area contributed by atoms with Crippen LogP contribution in [0.5, 0.6) is 0 Å². The van der Waals surface area contributed by atoms with Gasteiger partial charge in [-0.3, -0.25) is 4.79 Å². The Morgan fingerprint density at radius 3 is 3.05 bits per heavy atom. The van der Waals surface area contributed by atoms with E-state index in [-0.39, 0.29) is 24.4 Å². The van der Waals surface area contributed by atoms with Crippen LogP contribution in [0.15, 0.2) is 0 Å². The van der Waals surface area contributed by atoms with Crippen molar-refractivity contribution in [2.24, 2.45) is 0 Å². The number of nitrogens with zero attached hydrogens (tertiary/aromatic N) is 1. The lowest BCUT2D eigenvalue weighted by molar-refractivity contribution is -0.125. The van der Waals surface area contributed by atoms with Crippen molar-refractivity contribution in [1.29, 1.82) is 0 Å². The number of rotatable bonds is 5. The number of halogens is 1. The van der Waals surface area contributed by atoms with Crippen LogP contribution in [0.2, 0.25) is 0 Å². The number of aromatic nitrogens is 1. The maximum absolute atomic E-state index is 11.9. The van der Waals surface area contributed by atoms with Gasteiger partial charge < -0.3 is 15.4 Å². The number of aryl methyl sites for hydroxylation is 3. The molecule has 0 bridgehead atoms. The molecule has 0 spiro atoms. The molecule has 3 rings (SSSR count). The number of hydrogen-bond acceptors (Lipinski definition) is 5. The van der Waals surface area contributed by atoms with Crippen LogP contribution < -0.4 is 10.6 Å². The van der Waals surface area contributed by atoms with Crippen LogP contribution in [0.1, 0.15) is 34.8 Å². The summed E-state index contributed by atoms with van der Waals surface area (Å²) in [7, 11) is 0. The van der Waals surface area contributed by atoms with Gasteiger partial charge in [0.2, 0.25) is 5.91 Å². The average molecular weight is 346 g/mol. The number of amides is 1. The maximum Gasteiger partial charge on any atom is 0.239 e. The van der Waals surface area contributed by atoms with Crippen LogP contribution in [0.4, 0.5) is 0 Å². The molecule has 1 saturated heterocycles. The van der Waals surface area contributed by atoms with Gasteiger partial charge in [0.15, 0.2) is 0 Å². The van der Waals surface area contributed by atoms with Crippen molar-refractivity contribution in [3.05, 3.63) is 15.6 Å². The summed E-state index contributed by atoms with van der Waals surface area (Å²) in [6.07, 6.45) is 6.86. The van der Waals surface area contributed by atoms with E-state index in [0.29, 0.717) is 19.8 Å². The van der Waals surface area contributed by atoms with E-state index in [4.69, 9.17) is 9.72 Å². The van der Waals surface area contributed by atoms with Crippen molar-refractivity contribution in [3.63, 3.8) is 0 Å². The van der Waals surface area contributed by atoms with Crippen molar-refractivity contribution in [3.8, 4) is 0 Å². The van der Waals surface area contributed by atoms with Crippen molar-refractivity contribution in [2.45, 2.75) is 44.6 Å². The summed E-state index contributed by atoms with van der Waals surface area (Å²) >= 11 is 1.87. The summed E-state index contributed by atoms with van der Waals surface area (Å²) in [6, 6.07) is -0.189. The van der Waals surface area contributed by atoms with E-state index in [2.05, 4.69) is 10.6 Å². The van der Waals surface area contributed by atoms with Gasteiger partial charge in [-0.1, -0.05) is 0 Å². The zero-order chi connectivity index (χ0) is 14.5. The molecule has 1 fully saturated rings. The number of nitrogens with one attached hydrogen (secondary N) is 2. The van der Waals surface area contributed by atoms with E-state index in [1.54, 1.807) is 0 Å². The highest BCUT2D eigenvalue weighted by Gasteiger charge is 2.20. The molecule has 22 heavy (non-hydrogen) atoms. The quantitative estimate of drug-likeness (QED) is 0.793. The molecule has 1 aliphatic carbocycles. The average Bonchev–Trinajstić information content (AvgIpc) is 2.95. The maximum atomic E-state index is 11.9. The molecule has 1 atom stereocenters.